The highest BCUT2D eigenvalue weighted by Gasteiger charge is 2.06. The Kier molecular flexibility index (Phi) is 5.23. The normalized spacial score (nSPS) is 11.4. The van der Waals surface area contributed by atoms with E-state index in [0.717, 1.165) is 34.7 Å². The van der Waals surface area contributed by atoms with Crippen LogP contribution in [0.5, 0.6) is 0 Å². The Morgan fingerprint density at radius 2 is 1.61 bits per heavy atom. The van der Waals surface area contributed by atoms with E-state index in [0.29, 0.717) is 0 Å². The molecule has 0 radical (unpaired) electrons. The van der Waals surface area contributed by atoms with Gasteiger partial charge in [-0.25, -0.2) is 0 Å². The molecule has 0 aliphatic heterocycles. The molecule has 0 saturated heterocycles. The molecule has 114 valence electrons. The number of aryl methyl sites for hydroxylation is 1. The summed E-state index contributed by atoms with van der Waals surface area (Å²) in [5, 5.41) is 0.749. The number of allylic oxidation sites excluding steroid dienone is 1. The number of pyridine rings is 1. The summed E-state index contributed by atoms with van der Waals surface area (Å²) >= 11 is 6.01. The summed E-state index contributed by atoms with van der Waals surface area (Å²) in [4.78, 5) is 4.50. The fourth-order valence-electron chi connectivity index (χ4n) is 2.55. The second-order valence-electron chi connectivity index (χ2n) is 5.36. The Bertz CT molecular complexity index is 762. The molecular formula is C21H18ClN. The third kappa shape index (κ3) is 4.30. The summed E-state index contributed by atoms with van der Waals surface area (Å²) in [7, 11) is 0. The molecule has 0 bridgehead atoms. The maximum Gasteiger partial charge on any atom is 0.0704 e. The molecule has 0 fully saturated rings. The van der Waals surface area contributed by atoms with E-state index in [-0.39, 0.29) is 0 Å². The molecule has 1 nitrogen and oxygen atoms in total. The van der Waals surface area contributed by atoms with Crippen molar-refractivity contribution >= 4 is 17.2 Å². The van der Waals surface area contributed by atoms with Crippen LogP contribution >= 0.6 is 11.6 Å². The van der Waals surface area contributed by atoms with E-state index in [4.69, 9.17) is 11.6 Å². The van der Waals surface area contributed by atoms with Crippen LogP contribution in [0.1, 0.15) is 23.2 Å². The minimum Gasteiger partial charge on any atom is -0.256 e. The van der Waals surface area contributed by atoms with Crippen molar-refractivity contribution in [2.45, 2.75) is 12.8 Å². The van der Waals surface area contributed by atoms with Gasteiger partial charge in [0.05, 0.1) is 5.69 Å². The lowest BCUT2D eigenvalue weighted by Gasteiger charge is -2.08. The Morgan fingerprint density at radius 3 is 2.30 bits per heavy atom. The quantitative estimate of drug-likeness (QED) is 0.579. The van der Waals surface area contributed by atoms with Crippen LogP contribution in [0.25, 0.3) is 5.57 Å². The maximum atomic E-state index is 6.01. The zero-order valence-electron chi connectivity index (χ0n) is 12.8. The Hall–Kier alpha value is -2.38. The smallest absolute Gasteiger partial charge is 0.0704 e. The Balaban J connectivity index is 1.86. The number of halogens is 1. The van der Waals surface area contributed by atoms with Crippen LogP contribution in [0.4, 0.5) is 0 Å². The van der Waals surface area contributed by atoms with Gasteiger partial charge in [-0.05, 0) is 48.2 Å². The zero-order valence-corrected chi connectivity index (χ0v) is 13.6. The Labute approximate surface area is 142 Å². The van der Waals surface area contributed by atoms with Gasteiger partial charge < -0.3 is 0 Å². The van der Waals surface area contributed by atoms with Gasteiger partial charge in [0, 0.05) is 16.8 Å². The molecule has 0 spiro atoms. The first-order valence-corrected chi connectivity index (χ1v) is 8.12. The van der Waals surface area contributed by atoms with Crippen LogP contribution in [-0.2, 0) is 6.42 Å². The summed E-state index contributed by atoms with van der Waals surface area (Å²) in [6.07, 6.45) is 6.08. The molecule has 0 amide bonds. The van der Waals surface area contributed by atoms with Gasteiger partial charge in [0.2, 0.25) is 0 Å². The lowest BCUT2D eigenvalue weighted by molar-refractivity contribution is 1.00. The number of hydrogen-bond acceptors (Lipinski definition) is 1. The highest BCUT2D eigenvalue weighted by molar-refractivity contribution is 6.30. The first kappa shape index (κ1) is 15.5. The van der Waals surface area contributed by atoms with Gasteiger partial charge in [0.15, 0.2) is 0 Å². The fourth-order valence-corrected chi connectivity index (χ4v) is 2.68. The third-order valence-corrected chi connectivity index (χ3v) is 3.97. The van der Waals surface area contributed by atoms with Crippen LogP contribution in [0.15, 0.2) is 85.1 Å². The topological polar surface area (TPSA) is 12.9 Å². The highest BCUT2D eigenvalue weighted by Crippen LogP contribution is 2.24. The van der Waals surface area contributed by atoms with Gasteiger partial charge in [-0.2, -0.15) is 0 Å². The predicted molar refractivity (Wildman–Crippen MR) is 97.5 cm³/mol. The van der Waals surface area contributed by atoms with Crippen molar-refractivity contribution in [2.24, 2.45) is 0 Å². The molecule has 3 aromatic rings. The predicted octanol–water partition coefficient (Wildman–Crippen LogP) is 5.80. The van der Waals surface area contributed by atoms with Gasteiger partial charge in [-0.3, -0.25) is 4.98 Å². The van der Waals surface area contributed by atoms with Gasteiger partial charge in [0.1, 0.15) is 0 Å². The van der Waals surface area contributed by atoms with Crippen molar-refractivity contribution in [3.8, 4) is 0 Å². The van der Waals surface area contributed by atoms with E-state index in [1.807, 2.05) is 54.7 Å². The van der Waals surface area contributed by atoms with Crippen LogP contribution in [0.3, 0.4) is 0 Å². The van der Waals surface area contributed by atoms with Gasteiger partial charge in [-0.15, -0.1) is 0 Å². The minimum absolute atomic E-state index is 0.749. The van der Waals surface area contributed by atoms with Crippen molar-refractivity contribution < 1.29 is 0 Å². The zero-order chi connectivity index (χ0) is 15.9. The molecule has 0 N–H and O–H groups in total. The SMILES string of the molecule is Clc1ccc(/C(=C/CCc2ccccc2)c2ccccn2)cc1. The van der Waals surface area contributed by atoms with Crippen molar-refractivity contribution in [2.75, 3.05) is 0 Å². The molecule has 0 aliphatic carbocycles. The summed E-state index contributed by atoms with van der Waals surface area (Å²) in [5.41, 5.74) is 4.63. The van der Waals surface area contributed by atoms with Crippen molar-refractivity contribution in [1.29, 1.82) is 0 Å². The van der Waals surface area contributed by atoms with E-state index in [9.17, 15) is 0 Å². The molecule has 0 unspecified atom stereocenters. The minimum atomic E-state index is 0.749. The number of hydrogen-bond donors (Lipinski definition) is 0. The number of nitrogens with zero attached hydrogens (tertiary/aromatic N) is 1. The largest absolute Gasteiger partial charge is 0.256 e. The van der Waals surface area contributed by atoms with E-state index in [2.05, 4.69) is 35.3 Å². The van der Waals surface area contributed by atoms with Crippen molar-refractivity contribution in [3.63, 3.8) is 0 Å². The first-order valence-electron chi connectivity index (χ1n) is 7.74. The van der Waals surface area contributed by atoms with Gasteiger partial charge in [0.25, 0.3) is 0 Å². The van der Waals surface area contributed by atoms with E-state index < -0.39 is 0 Å². The second-order valence-corrected chi connectivity index (χ2v) is 5.80. The average molecular weight is 320 g/mol. The summed E-state index contributed by atoms with van der Waals surface area (Å²) in [6.45, 7) is 0. The number of rotatable bonds is 5. The fraction of sp³-hybridized carbons (Fsp3) is 0.0952. The molecule has 3 rings (SSSR count). The maximum absolute atomic E-state index is 6.01. The standard InChI is InChI=1S/C21H18ClN/c22-19-14-12-18(13-15-19)20(21-11-4-5-16-23-21)10-6-9-17-7-2-1-3-8-17/h1-5,7-8,10-16H,6,9H2/b20-10-. The summed E-state index contributed by atoms with van der Waals surface area (Å²) in [6, 6.07) is 24.5. The van der Waals surface area contributed by atoms with Gasteiger partial charge in [-0.1, -0.05) is 66.2 Å². The molecule has 0 atom stereocenters. The Morgan fingerprint density at radius 1 is 0.870 bits per heavy atom. The molecule has 0 aliphatic rings. The van der Waals surface area contributed by atoms with E-state index in [1.165, 1.54) is 5.56 Å². The van der Waals surface area contributed by atoms with Crippen LogP contribution in [-0.4, -0.2) is 4.98 Å². The van der Waals surface area contributed by atoms with Crippen LogP contribution in [0, 0.1) is 0 Å². The monoisotopic (exact) mass is 319 g/mol. The highest BCUT2D eigenvalue weighted by atomic mass is 35.5. The second kappa shape index (κ2) is 7.75. The van der Waals surface area contributed by atoms with Crippen molar-refractivity contribution in [1.82, 2.24) is 4.98 Å². The van der Waals surface area contributed by atoms with Crippen LogP contribution in [0.2, 0.25) is 5.02 Å². The third-order valence-electron chi connectivity index (χ3n) is 3.72. The number of benzene rings is 2. The van der Waals surface area contributed by atoms with E-state index >= 15 is 0 Å². The van der Waals surface area contributed by atoms with Gasteiger partial charge >= 0.3 is 0 Å². The average Bonchev–Trinajstić information content (AvgIpc) is 2.61. The van der Waals surface area contributed by atoms with Crippen molar-refractivity contribution in [3.05, 3.63) is 107 Å². The molecule has 2 aromatic carbocycles. The summed E-state index contributed by atoms with van der Waals surface area (Å²) < 4.78 is 0. The molecule has 1 heterocycles. The lowest BCUT2D eigenvalue weighted by atomic mass is 9.99. The molecule has 0 saturated carbocycles. The lowest BCUT2D eigenvalue weighted by Crippen LogP contribution is -1.92. The van der Waals surface area contributed by atoms with E-state index in [1.54, 1.807) is 0 Å². The van der Waals surface area contributed by atoms with Crippen LogP contribution < -0.4 is 0 Å². The molecule has 2 heteroatoms. The molecular weight excluding hydrogens is 302 g/mol. The molecule has 23 heavy (non-hydrogen) atoms. The first-order chi connectivity index (χ1) is 11.3. The summed E-state index contributed by atoms with van der Waals surface area (Å²) in [5.74, 6) is 0. The number of aromatic nitrogens is 1. The molecule has 1 aromatic heterocycles.